The van der Waals surface area contributed by atoms with E-state index in [-0.39, 0.29) is 5.56 Å². The minimum Gasteiger partial charge on any atom is -0.379 e. The molecule has 1 heterocycles. The molecular weight excluding hydrogens is 231 g/mol. The number of aliphatic hydroxyl groups excluding tert-OH is 1. The Hall–Kier alpha value is -1.23. The van der Waals surface area contributed by atoms with Gasteiger partial charge in [0.05, 0.1) is 0 Å². The van der Waals surface area contributed by atoms with Gasteiger partial charge in [-0.1, -0.05) is 12.1 Å². The van der Waals surface area contributed by atoms with Crippen LogP contribution in [0, 0.1) is 0 Å². The van der Waals surface area contributed by atoms with E-state index in [1.165, 1.54) is 12.1 Å². The quantitative estimate of drug-likeness (QED) is 0.865. The Kier molecular flexibility index (Phi) is 3.03. The number of hydrogen-bond donors (Lipinski definition) is 1. The van der Waals surface area contributed by atoms with Gasteiger partial charge in [0.25, 0.3) is 0 Å². The van der Waals surface area contributed by atoms with Crippen LogP contribution in [-0.4, -0.2) is 24.4 Å². The predicted molar refractivity (Wildman–Crippen MR) is 59.0 cm³/mol. The van der Waals surface area contributed by atoms with Crippen molar-refractivity contribution in [3.05, 3.63) is 29.3 Å². The lowest BCUT2D eigenvalue weighted by atomic mass is 10.0. The Balaban J connectivity index is 2.30. The average molecular weight is 245 g/mol. The lowest BCUT2D eigenvalue weighted by Crippen LogP contribution is -2.20. The first kappa shape index (κ1) is 12.2. The summed E-state index contributed by atoms with van der Waals surface area (Å²) in [5.74, 6) is 0. The van der Waals surface area contributed by atoms with Gasteiger partial charge in [-0.2, -0.15) is 13.2 Å². The number of benzene rings is 1. The molecule has 0 spiro atoms. The molecule has 0 aliphatic carbocycles. The molecule has 17 heavy (non-hydrogen) atoms. The van der Waals surface area contributed by atoms with Crippen LogP contribution < -0.4 is 4.90 Å². The van der Waals surface area contributed by atoms with Gasteiger partial charge in [0.15, 0.2) is 6.10 Å². The number of anilines is 1. The van der Waals surface area contributed by atoms with Gasteiger partial charge in [-0.15, -0.1) is 0 Å². The number of rotatable bonds is 2. The molecule has 0 aromatic heterocycles. The first-order valence-electron chi connectivity index (χ1n) is 5.56. The smallest absolute Gasteiger partial charge is 0.379 e. The fourth-order valence-electron chi connectivity index (χ4n) is 2.18. The fraction of sp³-hybridized carbons (Fsp3) is 0.500. The Morgan fingerprint density at radius 1 is 1.41 bits per heavy atom. The van der Waals surface area contributed by atoms with Crippen LogP contribution in [0.2, 0.25) is 0 Å². The lowest BCUT2D eigenvalue weighted by Gasteiger charge is -2.18. The largest absolute Gasteiger partial charge is 0.418 e. The van der Waals surface area contributed by atoms with Crippen molar-refractivity contribution in [3.8, 4) is 0 Å². The highest BCUT2D eigenvalue weighted by Crippen LogP contribution is 2.36. The molecule has 1 atom stereocenters. The van der Waals surface area contributed by atoms with Crippen molar-refractivity contribution in [3.63, 3.8) is 0 Å². The number of nitrogens with zero attached hydrogens (tertiary/aromatic N) is 1. The molecule has 0 radical (unpaired) electrons. The van der Waals surface area contributed by atoms with E-state index in [9.17, 15) is 18.3 Å². The number of halogens is 3. The summed E-state index contributed by atoms with van der Waals surface area (Å²) in [6, 6.07) is 4.48. The van der Waals surface area contributed by atoms with Crippen LogP contribution >= 0.6 is 0 Å². The standard InChI is InChI=1S/C12H14F3NO/c1-2-16-6-5-8-7-9(3-4-10(8)16)11(17)12(13,14)15/h3-4,7,11,17H,2,5-6H2,1H3/t11-/m1/s1. The van der Waals surface area contributed by atoms with E-state index in [1.54, 1.807) is 6.07 Å². The summed E-state index contributed by atoms with van der Waals surface area (Å²) in [5, 5.41) is 9.17. The average Bonchev–Trinajstić information content (AvgIpc) is 2.68. The topological polar surface area (TPSA) is 23.5 Å². The van der Waals surface area contributed by atoms with Gasteiger partial charge in [0.2, 0.25) is 0 Å². The first-order valence-corrected chi connectivity index (χ1v) is 5.56. The van der Waals surface area contributed by atoms with Gasteiger partial charge in [-0.25, -0.2) is 0 Å². The Morgan fingerprint density at radius 2 is 2.12 bits per heavy atom. The Labute approximate surface area is 97.7 Å². The Bertz CT molecular complexity index is 417. The zero-order valence-electron chi connectivity index (χ0n) is 9.46. The third kappa shape index (κ3) is 2.24. The molecule has 1 aliphatic rings. The zero-order valence-corrected chi connectivity index (χ0v) is 9.46. The fourth-order valence-corrected chi connectivity index (χ4v) is 2.18. The molecule has 0 unspecified atom stereocenters. The van der Waals surface area contributed by atoms with Crippen LogP contribution in [0.4, 0.5) is 18.9 Å². The first-order chi connectivity index (χ1) is 7.93. The summed E-state index contributed by atoms with van der Waals surface area (Å²) in [6.45, 7) is 3.68. The van der Waals surface area contributed by atoms with Crippen LogP contribution in [-0.2, 0) is 6.42 Å². The van der Waals surface area contributed by atoms with E-state index in [0.29, 0.717) is 0 Å². The Morgan fingerprint density at radius 3 is 2.71 bits per heavy atom. The highest BCUT2D eigenvalue weighted by Gasteiger charge is 2.39. The third-order valence-electron chi connectivity index (χ3n) is 3.10. The molecule has 0 bridgehead atoms. The number of fused-ring (bicyclic) bond motifs is 1. The van der Waals surface area contributed by atoms with Crippen LogP contribution in [0.25, 0.3) is 0 Å². The van der Waals surface area contributed by atoms with Crippen molar-refractivity contribution < 1.29 is 18.3 Å². The molecule has 0 saturated carbocycles. The van der Waals surface area contributed by atoms with Gasteiger partial charge >= 0.3 is 6.18 Å². The van der Waals surface area contributed by atoms with Crippen molar-refractivity contribution in [1.29, 1.82) is 0 Å². The number of hydrogen-bond acceptors (Lipinski definition) is 2. The molecule has 1 N–H and O–H groups in total. The molecule has 94 valence electrons. The summed E-state index contributed by atoms with van der Waals surface area (Å²) in [7, 11) is 0. The van der Waals surface area contributed by atoms with E-state index in [1.807, 2.05) is 6.92 Å². The molecule has 0 amide bonds. The van der Waals surface area contributed by atoms with Crippen LogP contribution in [0.15, 0.2) is 18.2 Å². The summed E-state index contributed by atoms with van der Waals surface area (Å²) >= 11 is 0. The number of aliphatic hydroxyl groups is 1. The number of likely N-dealkylation sites (N-methyl/N-ethyl adjacent to an activating group) is 1. The maximum Gasteiger partial charge on any atom is 0.418 e. The monoisotopic (exact) mass is 245 g/mol. The van der Waals surface area contributed by atoms with Crippen molar-refractivity contribution in [2.75, 3.05) is 18.0 Å². The second-order valence-corrected chi connectivity index (χ2v) is 4.16. The van der Waals surface area contributed by atoms with Crippen LogP contribution in [0.3, 0.4) is 0 Å². The molecule has 2 nitrogen and oxygen atoms in total. The van der Waals surface area contributed by atoms with Gasteiger partial charge in [-0.05, 0) is 30.5 Å². The number of alkyl halides is 3. The summed E-state index contributed by atoms with van der Waals surface area (Å²) in [4.78, 5) is 2.11. The van der Waals surface area contributed by atoms with Gasteiger partial charge < -0.3 is 10.0 Å². The minimum atomic E-state index is -4.60. The molecule has 2 rings (SSSR count). The van der Waals surface area contributed by atoms with Crippen LogP contribution in [0.5, 0.6) is 0 Å². The molecule has 1 aromatic carbocycles. The summed E-state index contributed by atoms with van der Waals surface area (Å²) in [5.41, 5.74) is 1.78. The summed E-state index contributed by atoms with van der Waals surface area (Å²) < 4.78 is 37.1. The van der Waals surface area contributed by atoms with Crippen molar-refractivity contribution >= 4 is 5.69 Å². The molecule has 1 aromatic rings. The predicted octanol–water partition coefficient (Wildman–Crippen LogP) is 2.66. The highest BCUT2D eigenvalue weighted by molar-refractivity contribution is 5.59. The third-order valence-corrected chi connectivity index (χ3v) is 3.10. The normalized spacial score (nSPS) is 17.1. The second-order valence-electron chi connectivity index (χ2n) is 4.16. The van der Waals surface area contributed by atoms with E-state index in [2.05, 4.69) is 4.90 Å². The van der Waals surface area contributed by atoms with E-state index >= 15 is 0 Å². The molecule has 0 fully saturated rings. The van der Waals surface area contributed by atoms with Gasteiger partial charge in [0, 0.05) is 18.8 Å². The van der Waals surface area contributed by atoms with Crippen molar-refractivity contribution in [2.24, 2.45) is 0 Å². The van der Waals surface area contributed by atoms with Crippen molar-refractivity contribution in [1.82, 2.24) is 0 Å². The summed E-state index contributed by atoms with van der Waals surface area (Å²) in [6.07, 6.45) is -6.25. The maximum atomic E-state index is 12.4. The molecular formula is C12H14F3NO. The highest BCUT2D eigenvalue weighted by atomic mass is 19.4. The minimum absolute atomic E-state index is 0.0748. The second kappa shape index (κ2) is 4.22. The molecule has 1 aliphatic heterocycles. The lowest BCUT2D eigenvalue weighted by molar-refractivity contribution is -0.206. The zero-order chi connectivity index (χ0) is 12.6. The molecule has 0 saturated heterocycles. The van der Waals surface area contributed by atoms with Gasteiger partial charge in [0.1, 0.15) is 0 Å². The maximum absolute atomic E-state index is 12.4. The van der Waals surface area contributed by atoms with Gasteiger partial charge in [-0.3, -0.25) is 0 Å². The van der Waals surface area contributed by atoms with E-state index in [0.717, 1.165) is 30.8 Å². The SMILES string of the molecule is CCN1CCc2cc([C@@H](O)C(F)(F)F)ccc21. The van der Waals surface area contributed by atoms with E-state index < -0.39 is 12.3 Å². The molecule has 5 heteroatoms. The van der Waals surface area contributed by atoms with E-state index in [4.69, 9.17) is 0 Å². The van der Waals surface area contributed by atoms with Crippen LogP contribution in [0.1, 0.15) is 24.2 Å². The van der Waals surface area contributed by atoms with Crippen molar-refractivity contribution in [2.45, 2.75) is 25.6 Å².